The van der Waals surface area contributed by atoms with E-state index in [4.69, 9.17) is 4.74 Å². The molecule has 0 radical (unpaired) electrons. The maximum absolute atomic E-state index is 12.8. The largest absolute Gasteiger partial charge is 0.466 e. The first-order chi connectivity index (χ1) is 12.8. The van der Waals surface area contributed by atoms with Crippen LogP contribution < -0.4 is 10.6 Å². The molecule has 7 heteroatoms. The van der Waals surface area contributed by atoms with Crippen molar-refractivity contribution in [2.75, 3.05) is 26.2 Å². The topological polar surface area (TPSA) is 87.7 Å². The van der Waals surface area contributed by atoms with Crippen LogP contribution >= 0.6 is 0 Å². The molecule has 2 fully saturated rings. The van der Waals surface area contributed by atoms with Crippen molar-refractivity contribution in [3.8, 4) is 0 Å². The molecule has 0 aromatic rings. The molecule has 1 aliphatic carbocycles. The average molecular weight is 382 g/mol. The first kappa shape index (κ1) is 21.7. The summed E-state index contributed by atoms with van der Waals surface area (Å²) in [7, 11) is 0. The number of hydrogen-bond donors (Lipinski definition) is 2. The summed E-state index contributed by atoms with van der Waals surface area (Å²) in [5.41, 5.74) is -0.532. The van der Waals surface area contributed by atoms with Gasteiger partial charge in [-0.05, 0) is 25.7 Å². The van der Waals surface area contributed by atoms with Gasteiger partial charge in [0.25, 0.3) is 0 Å². The second-order valence-corrected chi connectivity index (χ2v) is 8.27. The zero-order valence-corrected chi connectivity index (χ0v) is 17.0. The quantitative estimate of drug-likeness (QED) is 0.624. The highest BCUT2D eigenvalue weighted by Gasteiger charge is 2.38. The molecule has 2 N–H and O–H groups in total. The number of amides is 2. The highest BCUT2D eigenvalue weighted by molar-refractivity contribution is 5.89. The SMILES string of the molecule is CCOC(=O)CC1(NC(=O)CC2C(=O)NCCN2CC(C)C)CCCCC1. The Kier molecular flexibility index (Phi) is 8.07. The van der Waals surface area contributed by atoms with E-state index in [0.29, 0.717) is 19.1 Å². The molecule has 154 valence electrons. The molecule has 1 saturated heterocycles. The third-order valence-corrected chi connectivity index (χ3v) is 5.42. The molecule has 0 aromatic carbocycles. The van der Waals surface area contributed by atoms with Crippen LogP contribution in [0.3, 0.4) is 0 Å². The standard InChI is InChI=1S/C20H35N3O4/c1-4-27-18(25)13-20(8-6-5-7-9-20)22-17(24)12-16-19(26)21-10-11-23(16)14-15(2)3/h15-16H,4-14H2,1-3H3,(H,21,26)(H,22,24). The fraction of sp³-hybridized carbons (Fsp3) is 0.850. The summed E-state index contributed by atoms with van der Waals surface area (Å²) < 4.78 is 5.12. The summed E-state index contributed by atoms with van der Waals surface area (Å²) in [5, 5.41) is 5.99. The molecule has 0 bridgehead atoms. The molecule has 1 atom stereocenters. The van der Waals surface area contributed by atoms with Crippen LogP contribution in [0.4, 0.5) is 0 Å². The van der Waals surface area contributed by atoms with Crippen LogP contribution in [-0.4, -0.2) is 60.5 Å². The first-order valence-electron chi connectivity index (χ1n) is 10.3. The van der Waals surface area contributed by atoms with Crippen molar-refractivity contribution in [2.45, 2.75) is 77.3 Å². The number of carbonyl (C=O) groups is 3. The molecular weight excluding hydrogens is 346 g/mol. The van der Waals surface area contributed by atoms with Crippen LogP contribution in [0.15, 0.2) is 0 Å². The number of ether oxygens (including phenoxy) is 1. The van der Waals surface area contributed by atoms with Gasteiger partial charge in [0, 0.05) is 19.6 Å². The fourth-order valence-corrected chi connectivity index (χ4v) is 4.26. The fourth-order valence-electron chi connectivity index (χ4n) is 4.26. The van der Waals surface area contributed by atoms with E-state index >= 15 is 0 Å². The number of nitrogens with one attached hydrogen (secondary N) is 2. The van der Waals surface area contributed by atoms with Gasteiger partial charge in [0.1, 0.15) is 0 Å². The van der Waals surface area contributed by atoms with Crippen LogP contribution in [0, 0.1) is 5.92 Å². The smallest absolute Gasteiger partial charge is 0.308 e. The summed E-state index contributed by atoms with van der Waals surface area (Å²) in [6.07, 6.45) is 5.00. The zero-order valence-electron chi connectivity index (χ0n) is 17.0. The van der Waals surface area contributed by atoms with Crippen molar-refractivity contribution in [3.63, 3.8) is 0 Å². The number of esters is 1. The van der Waals surface area contributed by atoms with Crippen molar-refractivity contribution in [1.82, 2.24) is 15.5 Å². The molecular formula is C20H35N3O4. The second kappa shape index (κ2) is 10.1. The number of rotatable bonds is 8. The summed E-state index contributed by atoms with van der Waals surface area (Å²) in [5.74, 6) is -0.0800. The minimum Gasteiger partial charge on any atom is -0.466 e. The predicted molar refractivity (Wildman–Crippen MR) is 103 cm³/mol. The number of nitrogens with zero attached hydrogens (tertiary/aromatic N) is 1. The van der Waals surface area contributed by atoms with Gasteiger partial charge in [-0.3, -0.25) is 19.3 Å². The Bertz CT molecular complexity index is 529. The normalized spacial score (nSPS) is 23.0. The number of carbonyl (C=O) groups excluding carboxylic acids is 3. The van der Waals surface area contributed by atoms with E-state index in [1.165, 1.54) is 0 Å². The van der Waals surface area contributed by atoms with E-state index in [2.05, 4.69) is 29.4 Å². The lowest BCUT2D eigenvalue weighted by Gasteiger charge is -2.39. The Balaban J connectivity index is 2.02. The van der Waals surface area contributed by atoms with Gasteiger partial charge < -0.3 is 15.4 Å². The molecule has 2 amide bonds. The van der Waals surface area contributed by atoms with Gasteiger partial charge in [-0.1, -0.05) is 33.1 Å². The Labute approximate surface area is 162 Å². The Morgan fingerprint density at radius 2 is 2.00 bits per heavy atom. The second-order valence-electron chi connectivity index (χ2n) is 8.27. The summed E-state index contributed by atoms with van der Waals surface area (Å²) in [6.45, 7) is 8.52. The maximum atomic E-state index is 12.8. The monoisotopic (exact) mass is 381 g/mol. The molecule has 1 aliphatic heterocycles. The lowest BCUT2D eigenvalue weighted by molar-refractivity contribution is -0.146. The van der Waals surface area contributed by atoms with Gasteiger partial charge in [0.2, 0.25) is 11.8 Å². The van der Waals surface area contributed by atoms with E-state index in [1.54, 1.807) is 6.92 Å². The van der Waals surface area contributed by atoms with E-state index < -0.39 is 11.6 Å². The van der Waals surface area contributed by atoms with E-state index in [1.807, 2.05) is 0 Å². The van der Waals surface area contributed by atoms with Gasteiger partial charge in [-0.2, -0.15) is 0 Å². The Morgan fingerprint density at radius 1 is 1.30 bits per heavy atom. The van der Waals surface area contributed by atoms with Crippen LogP contribution in [-0.2, 0) is 19.1 Å². The average Bonchev–Trinajstić information content (AvgIpc) is 2.58. The van der Waals surface area contributed by atoms with Crippen LogP contribution in [0.1, 0.15) is 65.7 Å². The van der Waals surface area contributed by atoms with Gasteiger partial charge in [0.05, 0.1) is 31.0 Å². The maximum Gasteiger partial charge on any atom is 0.308 e. The molecule has 2 aliphatic rings. The van der Waals surface area contributed by atoms with Gasteiger partial charge in [-0.25, -0.2) is 0 Å². The number of piperazine rings is 1. The predicted octanol–water partition coefficient (Wildman–Crippen LogP) is 1.61. The molecule has 7 nitrogen and oxygen atoms in total. The third kappa shape index (κ3) is 6.48. The lowest BCUT2D eigenvalue weighted by atomic mass is 9.79. The van der Waals surface area contributed by atoms with Gasteiger partial charge >= 0.3 is 5.97 Å². The summed E-state index contributed by atoms with van der Waals surface area (Å²) in [6, 6.07) is -0.440. The van der Waals surface area contributed by atoms with Crippen LogP contribution in [0.2, 0.25) is 0 Å². The minimum absolute atomic E-state index is 0.0832. The van der Waals surface area contributed by atoms with Gasteiger partial charge in [0.15, 0.2) is 0 Å². The number of hydrogen-bond acceptors (Lipinski definition) is 5. The lowest BCUT2D eigenvalue weighted by Crippen LogP contribution is -2.59. The molecule has 1 heterocycles. The van der Waals surface area contributed by atoms with Crippen LogP contribution in [0.5, 0.6) is 0 Å². The zero-order chi connectivity index (χ0) is 19.9. The Morgan fingerprint density at radius 3 is 2.63 bits per heavy atom. The Hall–Kier alpha value is -1.63. The van der Waals surface area contributed by atoms with Crippen molar-refractivity contribution < 1.29 is 19.1 Å². The van der Waals surface area contributed by atoms with Crippen molar-refractivity contribution in [1.29, 1.82) is 0 Å². The highest BCUT2D eigenvalue weighted by Crippen LogP contribution is 2.32. The highest BCUT2D eigenvalue weighted by atomic mass is 16.5. The van der Waals surface area contributed by atoms with Gasteiger partial charge in [-0.15, -0.1) is 0 Å². The van der Waals surface area contributed by atoms with Crippen molar-refractivity contribution >= 4 is 17.8 Å². The molecule has 1 saturated carbocycles. The molecule has 2 rings (SSSR count). The third-order valence-electron chi connectivity index (χ3n) is 5.42. The molecule has 0 aromatic heterocycles. The van der Waals surface area contributed by atoms with Crippen LogP contribution in [0.25, 0.3) is 0 Å². The van der Waals surface area contributed by atoms with E-state index in [-0.39, 0.29) is 30.6 Å². The van der Waals surface area contributed by atoms with E-state index in [0.717, 1.165) is 45.2 Å². The van der Waals surface area contributed by atoms with Crippen molar-refractivity contribution in [2.24, 2.45) is 5.92 Å². The summed E-state index contributed by atoms with van der Waals surface area (Å²) >= 11 is 0. The minimum atomic E-state index is -0.532. The van der Waals surface area contributed by atoms with E-state index in [9.17, 15) is 14.4 Å². The first-order valence-corrected chi connectivity index (χ1v) is 10.3. The van der Waals surface area contributed by atoms with Crippen molar-refractivity contribution in [3.05, 3.63) is 0 Å². The molecule has 27 heavy (non-hydrogen) atoms. The molecule has 0 spiro atoms. The molecule has 1 unspecified atom stereocenters. The summed E-state index contributed by atoms with van der Waals surface area (Å²) in [4.78, 5) is 39.3.